The standard InChI is InChI=1S/C8H15NO2/c1-5-9(4)6-11-8(10)7(2)3/h2,5-6H2,1,3-4H3. The van der Waals surface area contributed by atoms with Crippen LogP contribution in [0.15, 0.2) is 12.2 Å². The summed E-state index contributed by atoms with van der Waals surface area (Å²) >= 11 is 0. The summed E-state index contributed by atoms with van der Waals surface area (Å²) in [4.78, 5) is 12.7. The third-order valence-corrected chi connectivity index (χ3v) is 1.30. The summed E-state index contributed by atoms with van der Waals surface area (Å²) in [6.45, 7) is 8.29. The van der Waals surface area contributed by atoms with E-state index in [2.05, 4.69) is 6.58 Å². The molecular formula is C8H15NO2. The van der Waals surface area contributed by atoms with Crippen molar-refractivity contribution in [1.82, 2.24) is 4.90 Å². The monoisotopic (exact) mass is 157 g/mol. The van der Waals surface area contributed by atoms with E-state index in [-0.39, 0.29) is 5.97 Å². The van der Waals surface area contributed by atoms with Crippen LogP contribution in [0.3, 0.4) is 0 Å². The van der Waals surface area contributed by atoms with Gasteiger partial charge in [0.15, 0.2) is 0 Å². The van der Waals surface area contributed by atoms with Gasteiger partial charge in [0.1, 0.15) is 6.73 Å². The number of carbonyl (C=O) groups excluding carboxylic acids is 1. The topological polar surface area (TPSA) is 29.5 Å². The first-order valence-electron chi connectivity index (χ1n) is 3.59. The molecule has 0 fully saturated rings. The number of ether oxygens (including phenoxy) is 1. The van der Waals surface area contributed by atoms with Crippen LogP contribution in [-0.2, 0) is 9.53 Å². The molecule has 0 rings (SSSR count). The molecule has 0 saturated heterocycles. The lowest BCUT2D eigenvalue weighted by atomic mass is 10.4. The smallest absolute Gasteiger partial charge is 0.334 e. The summed E-state index contributed by atoms with van der Waals surface area (Å²) in [5.74, 6) is -0.328. The Morgan fingerprint density at radius 1 is 1.64 bits per heavy atom. The third kappa shape index (κ3) is 4.56. The highest BCUT2D eigenvalue weighted by Crippen LogP contribution is 1.92. The summed E-state index contributed by atoms with van der Waals surface area (Å²) in [5, 5.41) is 0. The number of nitrogens with zero attached hydrogens (tertiary/aromatic N) is 1. The predicted octanol–water partition coefficient (Wildman–Crippen LogP) is 1.01. The molecule has 0 saturated carbocycles. The van der Waals surface area contributed by atoms with Gasteiger partial charge < -0.3 is 4.74 Å². The van der Waals surface area contributed by atoms with Crippen molar-refractivity contribution in [3.05, 3.63) is 12.2 Å². The Kier molecular flexibility index (Phi) is 4.54. The molecule has 0 radical (unpaired) electrons. The number of rotatable bonds is 4. The van der Waals surface area contributed by atoms with Crippen molar-refractivity contribution < 1.29 is 9.53 Å². The molecule has 0 aromatic heterocycles. The van der Waals surface area contributed by atoms with Crippen LogP contribution in [0, 0.1) is 0 Å². The van der Waals surface area contributed by atoms with E-state index in [1.165, 1.54) is 0 Å². The van der Waals surface area contributed by atoms with E-state index < -0.39 is 0 Å². The Balaban J connectivity index is 3.54. The molecule has 0 aromatic rings. The van der Waals surface area contributed by atoms with Crippen LogP contribution < -0.4 is 0 Å². The van der Waals surface area contributed by atoms with Crippen LogP contribution in [0.1, 0.15) is 13.8 Å². The normalized spacial score (nSPS) is 9.82. The molecule has 0 aliphatic rings. The van der Waals surface area contributed by atoms with Gasteiger partial charge in [0.2, 0.25) is 0 Å². The Morgan fingerprint density at radius 3 is 2.55 bits per heavy atom. The van der Waals surface area contributed by atoms with Crippen molar-refractivity contribution in [2.24, 2.45) is 0 Å². The first-order valence-corrected chi connectivity index (χ1v) is 3.59. The van der Waals surface area contributed by atoms with E-state index in [1.54, 1.807) is 6.92 Å². The Bertz CT molecular complexity index is 154. The van der Waals surface area contributed by atoms with E-state index >= 15 is 0 Å². The van der Waals surface area contributed by atoms with Gasteiger partial charge in [-0.2, -0.15) is 0 Å². The highest BCUT2D eigenvalue weighted by atomic mass is 16.5. The molecule has 0 aliphatic carbocycles. The Morgan fingerprint density at radius 2 is 2.18 bits per heavy atom. The summed E-state index contributed by atoms with van der Waals surface area (Å²) < 4.78 is 4.84. The first-order chi connectivity index (χ1) is 5.07. The second-order valence-electron chi connectivity index (χ2n) is 2.51. The van der Waals surface area contributed by atoms with E-state index in [0.29, 0.717) is 12.3 Å². The molecule has 0 amide bonds. The van der Waals surface area contributed by atoms with E-state index in [1.807, 2.05) is 18.9 Å². The van der Waals surface area contributed by atoms with Crippen molar-refractivity contribution in [2.75, 3.05) is 20.3 Å². The maximum atomic E-state index is 10.8. The minimum Gasteiger partial charge on any atom is -0.446 e. The van der Waals surface area contributed by atoms with Crippen molar-refractivity contribution >= 4 is 5.97 Å². The quantitative estimate of drug-likeness (QED) is 0.346. The van der Waals surface area contributed by atoms with Gasteiger partial charge in [0.25, 0.3) is 0 Å². The van der Waals surface area contributed by atoms with Gasteiger partial charge in [-0.15, -0.1) is 0 Å². The van der Waals surface area contributed by atoms with Crippen LogP contribution in [-0.4, -0.2) is 31.2 Å². The summed E-state index contributed by atoms with van der Waals surface area (Å²) in [6.07, 6.45) is 0. The molecule has 64 valence electrons. The fraction of sp³-hybridized carbons (Fsp3) is 0.625. The van der Waals surface area contributed by atoms with Gasteiger partial charge in [-0.05, 0) is 20.5 Å². The van der Waals surface area contributed by atoms with Gasteiger partial charge in [0, 0.05) is 5.57 Å². The zero-order chi connectivity index (χ0) is 8.85. The molecule has 3 nitrogen and oxygen atoms in total. The second kappa shape index (κ2) is 4.91. The van der Waals surface area contributed by atoms with Crippen LogP contribution in [0.5, 0.6) is 0 Å². The molecule has 0 N–H and O–H groups in total. The van der Waals surface area contributed by atoms with E-state index in [9.17, 15) is 4.79 Å². The fourth-order valence-corrected chi connectivity index (χ4v) is 0.383. The highest BCUT2D eigenvalue weighted by molar-refractivity contribution is 5.86. The number of hydrogen-bond acceptors (Lipinski definition) is 3. The highest BCUT2D eigenvalue weighted by Gasteiger charge is 2.03. The molecule has 0 heterocycles. The molecular weight excluding hydrogens is 142 g/mol. The van der Waals surface area contributed by atoms with E-state index in [0.717, 1.165) is 6.54 Å². The average Bonchev–Trinajstić information content (AvgIpc) is 1.99. The molecule has 0 spiro atoms. The minimum atomic E-state index is -0.328. The molecule has 3 heteroatoms. The maximum Gasteiger partial charge on any atom is 0.334 e. The van der Waals surface area contributed by atoms with Crippen LogP contribution in [0.4, 0.5) is 0 Å². The van der Waals surface area contributed by atoms with Gasteiger partial charge in [-0.25, -0.2) is 4.79 Å². The maximum absolute atomic E-state index is 10.8. The molecule has 0 aliphatic heterocycles. The first kappa shape index (κ1) is 10.2. The van der Waals surface area contributed by atoms with Crippen molar-refractivity contribution in [1.29, 1.82) is 0 Å². The predicted molar refractivity (Wildman–Crippen MR) is 44.1 cm³/mol. The molecule has 0 aromatic carbocycles. The summed E-state index contributed by atoms with van der Waals surface area (Å²) in [5.41, 5.74) is 0.439. The Labute approximate surface area is 67.6 Å². The van der Waals surface area contributed by atoms with Gasteiger partial charge in [-0.3, -0.25) is 4.90 Å². The van der Waals surface area contributed by atoms with E-state index in [4.69, 9.17) is 4.74 Å². The Hall–Kier alpha value is -0.830. The van der Waals surface area contributed by atoms with Gasteiger partial charge in [-0.1, -0.05) is 13.5 Å². The number of esters is 1. The van der Waals surface area contributed by atoms with Gasteiger partial charge >= 0.3 is 5.97 Å². The summed E-state index contributed by atoms with van der Waals surface area (Å²) in [6, 6.07) is 0. The SMILES string of the molecule is C=C(C)C(=O)OCN(C)CC. The van der Waals surface area contributed by atoms with Crippen LogP contribution in [0.25, 0.3) is 0 Å². The molecule has 0 bridgehead atoms. The minimum absolute atomic E-state index is 0.328. The number of hydrogen-bond donors (Lipinski definition) is 0. The molecule has 0 unspecified atom stereocenters. The second-order valence-corrected chi connectivity index (χ2v) is 2.51. The average molecular weight is 157 g/mol. The van der Waals surface area contributed by atoms with Crippen molar-refractivity contribution in [2.45, 2.75) is 13.8 Å². The molecule has 0 atom stereocenters. The largest absolute Gasteiger partial charge is 0.446 e. The van der Waals surface area contributed by atoms with Crippen molar-refractivity contribution in [3.63, 3.8) is 0 Å². The van der Waals surface area contributed by atoms with Crippen LogP contribution in [0.2, 0.25) is 0 Å². The lowest BCUT2D eigenvalue weighted by molar-refractivity contribution is -0.143. The summed E-state index contributed by atoms with van der Waals surface area (Å²) in [7, 11) is 1.88. The lowest BCUT2D eigenvalue weighted by Crippen LogP contribution is -2.23. The van der Waals surface area contributed by atoms with Gasteiger partial charge in [0.05, 0.1) is 0 Å². The number of carbonyl (C=O) groups is 1. The lowest BCUT2D eigenvalue weighted by Gasteiger charge is -2.13. The molecule has 11 heavy (non-hydrogen) atoms. The van der Waals surface area contributed by atoms with Crippen LogP contribution >= 0.6 is 0 Å². The zero-order valence-corrected chi connectivity index (χ0v) is 7.39. The van der Waals surface area contributed by atoms with Crippen molar-refractivity contribution in [3.8, 4) is 0 Å². The third-order valence-electron chi connectivity index (χ3n) is 1.30. The fourth-order valence-electron chi connectivity index (χ4n) is 0.383. The zero-order valence-electron chi connectivity index (χ0n) is 7.39.